The van der Waals surface area contributed by atoms with Gasteiger partial charge in [-0.3, -0.25) is 24.0 Å². The second-order valence-corrected chi connectivity index (χ2v) is 10.1. The number of aliphatic hydroxyl groups excluding tert-OH is 1. The molecule has 2 heterocycles. The molecule has 0 saturated carbocycles. The van der Waals surface area contributed by atoms with Crippen LogP contribution in [0.4, 0.5) is 0 Å². The fourth-order valence-electron chi connectivity index (χ4n) is 4.83. The molecule has 0 aromatic heterocycles. The zero-order valence-corrected chi connectivity index (χ0v) is 22.7. The molecule has 0 bridgehead atoms. The lowest BCUT2D eigenvalue weighted by atomic mass is 9.97. The van der Waals surface area contributed by atoms with Gasteiger partial charge in [0.05, 0.1) is 12.6 Å². The number of benzene rings is 1. The maximum Gasteiger partial charge on any atom is 0.249 e. The molecule has 12 nitrogen and oxygen atoms in total. The number of hydrogen-bond donors (Lipinski definition) is 4. The van der Waals surface area contributed by atoms with Gasteiger partial charge in [-0.2, -0.15) is 0 Å². The van der Waals surface area contributed by atoms with E-state index in [1.807, 2.05) is 44.2 Å². The molecule has 1 aromatic rings. The Kier molecular flexibility index (Phi) is 10.8. The molecule has 2 aliphatic heterocycles. The Morgan fingerprint density at radius 1 is 1.13 bits per heavy atom. The molecular weight excluding hydrogens is 506 g/mol. The van der Waals surface area contributed by atoms with E-state index >= 15 is 0 Å². The summed E-state index contributed by atoms with van der Waals surface area (Å²) >= 11 is 0. The lowest BCUT2D eigenvalue weighted by molar-refractivity contribution is -0.144. The van der Waals surface area contributed by atoms with Crippen molar-refractivity contribution in [3.63, 3.8) is 0 Å². The van der Waals surface area contributed by atoms with Crippen LogP contribution >= 0.6 is 0 Å². The van der Waals surface area contributed by atoms with E-state index in [2.05, 4.69) is 16.0 Å². The normalized spacial score (nSPS) is 26.1. The Morgan fingerprint density at radius 3 is 2.51 bits per heavy atom. The van der Waals surface area contributed by atoms with Crippen molar-refractivity contribution in [2.24, 2.45) is 5.92 Å². The maximum atomic E-state index is 13.7. The summed E-state index contributed by atoms with van der Waals surface area (Å²) < 4.78 is 4.94. The number of hydrogen-bond acceptors (Lipinski definition) is 7. The van der Waals surface area contributed by atoms with Gasteiger partial charge in [0.1, 0.15) is 24.7 Å². The van der Waals surface area contributed by atoms with Gasteiger partial charge in [-0.15, -0.1) is 0 Å². The molecule has 214 valence electrons. The van der Waals surface area contributed by atoms with E-state index in [1.165, 1.54) is 16.9 Å². The number of aliphatic hydroxyl groups is 1. The summed E-state index contributed by atoms with van der Waals surface area (Å²) in [7, 11) is 1.36. The fourth-order valence-corrected chi connectivity index (χ4v) is 4.83. The first-order chi connectivity index (χ1) is 18.6. The van der Waals surface area contributed by atoms with Gasteiger partial charge in [-0.1, -0.05) is 50.6 Å². The molecular formula is C27H39N5O7. The van der Waals surface area contributed by atoms with Gasteiger partial charge < -0.3 is 35.6 Å². The molecule has 5 atom stereocenters. The highest BCUT2D eigenvalue weighted by molar-refractivity contribution is 5.95. The van der Waals surface area contributed by atoms with Crippen molar-refractivity contribution >= 4 is 29.5 Å². The Hall–Kier alpha value is -3.51. The highest BCUT2D eigenvalue weighted by Gasteiger charge is 2.43. The summed E-state index contributed by atoms with van der Waals surface area (Å²) in [6.45, 7) is 3.08. The zero-order chi connectivity index (χ0) is 28.5. The number of nitrogens with one attached hydrogen (secondary N) is 3. The van der Waals surface area contributed by atoms with Crippen LogP contribution in [-0.2, 0) is 35.1 Å². The van der Waals surface area contributed by atoms with Crippen LogP contribution in [0.3, 0.4) is 0 Å². The van der Waals surface area contributed by atoms with E-state index in [-0.39, 0.29) is 51.5 Å². The summed E-state index contributed by atoms with van der Waals surface area (Å²) in [5.74, 6) is -2.81. The summed E-state index contributed by atoms with van der Waals surface area (Å²) in [6, 6.07) is 6.23. The molecule has 12 heteroatoms. The molecule has 5 amide bonds. The average molecular weight is 546 g/mol. The minimum Gasteiger partial charge on any atom is -0.391 e. The van der Waals surface area contributed by atoms with Gasteiger partial charge in [0.2, 0.25) is 29.5 Å². The molecule has 3 rings (SSSR count). The van der Waals surface area contributed by atoms with E-state index < -0.39 is 53.8 Å². The third kappa shape index (κ3) is 7.99. The molecule has 1 aromatic carbocycles. The highest BCUT2D eigenvalue weighted by atomic mass is 16.5. The van der Waals surface area contributed by atoms with Crippen LogP contribution < -0.4 is 16.0 Å². The smallest absolute Gasteiger partial charge is 0.249 e. The Morgan fingerprint density at radius 2 is 1.85 bits per heavy atom. The van der Waals surface area contributed by atoms with Crippen LogP contribution in [0.5, 0.6) is 0 Å². The van der Waals surface area contributed by atoms with E-state index in [1.54, 1.807) is 0 Å². The monoisotopic (exact) mass is 545 g/mol. The highest BCUT2D eigenvalue weighted by Crippen LogP contribution is 2.22. The Bertz CT molecular complexity index is 1040. The van der Waals surface area contributed by atoms with Crippen LogP contribution in [0.15, 0.2) is 30.3 Å². The first kappa shape index (κ1) is 30.0. The number of methoxy groups -OCH3 is 1. The van der Waals surface area contributed by atoms with Crippen molar-refractivity contribution in [1.82, 2.24) is 25.8 Å². The topological polar surface area (TPSA) is 157 Å². The van der Waals surface area contributed by atoms with Crippen molar-refractivity contribution < 1.29 is 33.8 Å². The van der Waals surface area contributed by atoms with Crippen LogP contribution in [0.25, 0.3) is 0 Å². The minimum absolute atomic E-state index is 0.0116. The number of ether oxygens (including phenoxy) is 1. The van der Waals surface area contributed by atoms with Gasteiger partial charge in [0.15, 0.2) is 0 Å². The predicted molar refractivity (Wildman–Crippen MR) is 141 cm³/mol. The van der Waals surface area contributed by atoms with Crippen LogP contribution in [0.2, 0.25) is 0 Å². The van der Waals surface area contributed by atoms with Gasteiger partial charge >= 0.3 is 0 Å². The molecule has 2 aliphatic rings. The van der Waals surface area contributed by atoms with Gasteiger partial charge in [-0.25, -0.2) is 0 Å². The van der Waals surface area contributed by atoms with Crippen molar-refractivity contribution in [2.45, 2.75) is 57.3 Å². The fraction of sp³-hybridized carbons (Fsp3) is 0.593. The Balaban J connectivity index is 1.95. The van der Waals surface area contributed by atoms with Gasteiger partial charge in [0.25, 0.3) is 0 Å². The summed E-state index contributed by atoms with van der Waals surface area (Å²) in [5.41, 5.74) is 0.818. The minimum atomic E-state index is -1.01. The quantitative estimate of drug-likeness (QED) is 0.350. The largest absolute Gasteiger partial charge is 0.391 e. The average Bonchev–Trinajstić information content (AvgIpc) is 3.31. The molecule has 4 N–H and O–H groups in total. The second-order valence-electron chi connectivity index (χ2n) is 10.1. The van der Waals surface area contributed by atoms with Crippen LogP contribution in [0.1, 0.15) is 32.3 Å². The lowest BCUT2D eigenvalue weighted by Gasteiger charge is -2.32. The molecule has 0 radical (unpaired) electrons. The molecule has 2 saturated heterocycles. The predicted octanol–water partition coefficient (Wildman–Crippen LogP) is -1.19. The van der Waals surface area contributed by atoms with Crippen molar-refractivity contribution in [2.75, 3.05) is 39.9 Å². The number of fused-ring (bicyclic) bond motifs is 1. The van der Waals surface area contributed by atoms with E-state index in [4.69, 9.17) is 4.74 Å². The number of carbonyl (C=O) groups excluding carboxylic acids is 5. The van der Waals surface area contributed by atoms with Gasteiger partial charge in [0, 0.05) is 39.6 Å². The molecule has 0 aliphatic carbocycles. The number of carbonyl (C=O) groups is 5. The molecule has 39 heavy (non-hydrogen) atoms. The molecule has 0 unspecified atom stereocenters. The van der Waals surface area contributed by atoms with Crippen molar-refractivity contribution in [3.8, 4) is 0 Å². The summed E-state index contributed by atoms with van der Waals surface area (Å²) in [4.78, 5) is 68.5. The standard InChI is InChI=1S/C27H39N5O7/c1-4-17(2)24-27(38)32-14-19(33)13-21(32)26(37)29-20(12-18-8-6-5-7-9-18)25(36)28-10-11-31(15-22(34)30-24)23(35)16-39-3/h5-9,17,19-21,24,33H,4,10-16H2,1-3H3,(H,28,36)(H,29,37)(H,30,34)/t17-,19+,20-,21-,24-/m0/s1. The lowest BCUT2D eigenvalue weighted by Crippen LogP contribution is -2.58. The van der Waals surface area contributed by atoms with Crippen LogP contribution in [-0.4, -0.2) is 109 Å². The SMILES string of the molecule is CC[C@H](C)[C@@H]1NC(=O)CN(C(=O)COC)CCNC(=O)[C@H](Cc2ccccc2)NC(=O)[C@@H]2C[C@@H](O)CN2C1=O. The molecule has 2 fully saturated rings. The molecule has 0 spiro atoms. The number of rotatable bonds is 6. The van der Waals surface area contributed by atoms with E-state index in [0.717, 1.165) is 5.56 Å². The van der Waals surface area contributed by atoms with Crippen molar-refractivity contribution in [1.29, 1.82) is 0 Å². The van der Waals surface area contributed by atoms with E-state index in [9.17, 15) is 29.1 Å². The third-order valence-electron chi connectivity index (χ3n) is 7.21. The zero-order valence-electron chi connectivity index (χ0n) is 22.7. The summed E-state index contributed by atoms with van der Waals surface area (Å²) in [6.07, 6.45) is -0.157. The third-order valence-corrected chi connectivity index (χ3v) is 7.21. The first-order valence-electron chi connectivity index (χ1n) is 13.3. The van der Waals surface area contributed by atoms with Gasteiger partial charge in [-0.05, 0) is 11.5 Å². The Labute approximate surface area is 228 Å². The van der Waals surface area contributed by atoms with E-state index in [0.29, 0.717) is 6.42 Å². The summed E-state index contributed by atoms with van der Waals surface area (Å²) in [5, 5.41) is 18.7. The first-order valence-corrected chi connectivity index (χ1v) is 13.3. The van der Waals surface area contributed by atoms with Crippen LogP contribution in [0, 0.1) is 5.92 Å². The maximum absolute atomic E-state index is 13.7. The number of nitrogens with zero attached hydrogens (tertiary/aromatic N) is 2. The second kappa shape index (κ2) is 14.0. The van der Waals surface area contributed by atoms with Crippen molar-refractivity contribution in [3.05, 3.63) is 35.9 Å². The number of amides is 5.